The molecule has 134 valence electrons. The van der Waals surface area contributed by atoms with Gasteiger partial charge in [0.25, 0.3) is 0 Å². The molecule has 0 radical (unpaired) electrons. The molecule has 3 aromatic rings. The number of nitrogens with zero attached hydrogens (tertiary/aromatic N) is 1. The van der Waals surface area contributed by atoms with Crippen molar-refractivity contribution in [3.05, 3.63) is 71.2 Å². The largest absolute Gasteiger partial charge is 0.361 e. The second kappa shape index (κ2) is 6.94. The number of nitrogens with one attached hydrogen (secondary N) is 1. The molecule has 2 aromatic carbocycles. The van der Waals surface area contributed by atoms with E-state index in [1.165, 1.54) is 17.2 Å². The third-order valence-corrected chi connectivity index (χ3v) is 5.44. The number of carbonyl (C=O) groups excluding carboxylic acids is 1. The number of carbonyl (C=O) groups is 1. The lowest BCUT2D eigenvalue weighted by atomic mass is 9.89. The number of likely N-dealkylation sites (tertiary alicyclic amines) is 1. The van der Waals surface area contributed by atoms with Gasteiger partial charge in [0.15, 0.2) is 0 Å². The van der Waals surface area contributed by atoms with Gasteiger partial charge in [0.2, 0.25) is 5.91 Å². The summed E-state index contributed by atoms with van der Waals surface area (Å²) in [6, 6.07) is 13.1. The van der Waals surface area contributed by atoms with E-state index in [-0.39, 0.29) is 11.7 Å². The van der Waals surface area contributed by atoms with Crippen LogP contribution in [-0.4, -0.2) is 28.9 Å². The molecule has 0 saturated carbocycles. The molecule has 1 saturated heterocycles. The molecule has 1 aliphatic rings. The highest BCUT2D eigenvalue weighted by Crippen LogP contribution is 2.33. The van der Waals surface area contributed by atoms with Crippen molar-refractivity contribution in [1.29, 1.82) is 0 Å². The van der Waals surface area contributed by atoms with Crippen LogP contribution in [0.1, 0.15) is 35.4 Å². The maximum absolute atomic E-state index is 13.4. The van der Waals surface area contributed by atoms with Crippen molar-refractivity contribution in [3.8, 4) is 0 Å². The predicted molar refractivity (Wildman–Crippen MR) is 102 cm³/mol. The molecule has 1 fully saturated rings. The SMILES string of the molecule is Cc1ccc(CC(=O)N2CCC(c3c[nH]c4cc(F)ccc34)CC2)cc1. The van der Waals surface area contributed by atoms with Gasteiger partial charge in [0.1, 0.15) is 5.82 Å². The normalized spacial score (nSPS) is 15.5. The Hall–Kier alpha value is -2.62. The Bertz CT molecular complexity index is 921. The Morgan fingerprint density at radius 3 is 2.62 bits per heavy atom. The van der Waals surface area contributed by atoms with Gasteiger partial charge in [-0.2, -0.15) is 0 Å². The molecule has 3 nitrogen and oxygen atoms in total. The summed E-state index contributed by atoms with van der Waals surface area (Å²) in [5, 5.41) is 1.09. The summed E-state index contributed by atoms with van der Waals surface area (Å²) in [7, 11) is 0. The monoisotopic (exact) mass is 350 g/mol. The molecule has 0 spiro atoms. The minimum atomic E-state index is -0.220. The smallest absolute Gasteiger partial charge is 0.226 e. The Morgan fingerprint density at radius 2 is 1.88 bits per heavy atom. The fourth-order valence-electron chi connectivity index (χ4n) is 3.89. The van der Waals surface area contributed by atoms with Crippen molar-refractivity contribution < 1.29 is 9.18 Å². The van der Waals surface area contributed by atoms with Gasteiger partial charge in [0, 0.05) is 30.2 Å². The van der Waals surface area contributed by atoms with Gasteiger partial charge >= 0.3 is 0 Å². The Morgan fingerprint density at radius 1 is 1.15 bits per heavy atom. The zero-order valence-corrected chi connectivity index (χ0v) is 15.0. The molecule has 0 aliphatic carbocycles. The maximum atomic E-state index is 13.4. The van der Waals surface area contributed by atoms with E-state index < -0.39 is 0 Å². The number of aromatic amines is 1. The summed E-state index contributed by atoms with van der Waals surface area (Å²) in [6.45, 7) is 3.61. The lowest BCUT2D eigenvalue weighted by molar-refractivity contribution is -0.131. The zero-order chi connectivity index (χ0) is 18.1. The topological polar surface area (TPSA) is 36.1 Å². The number of rotatable bonds is 3. The first-order chi connectivity index (χ1) is 12.6. The van der Waals surface area contributed by atoms with Crippen LogP contribution < -0.4 is 0 Å². The number of halogens is 1. The van der Waals surface area contributed by atoms with Crippen molar-refractivity contribution >= 4 is 16.8 Å². The van der Waals surface area contributed by atoms with Crippen LogP contribution in [0, 0.1) is 12.7 Å². The average molecular weight is 350 g/mol. The van der Waals surface area contributed by atoms with Crippen LogP contribution in [0.3, 0.4) is 0 Å². The van der Waals surface area contributed by atoms with Gasteiger partial charge < -0.3 is 9.88 Å². The van der Waals surface area contributed by atoms with Crippen LogP contribution in [0.15, 0.2) is 48.7 Å². The van der Waals surface area contributed by atoms with E-state index in [9.17, 15) is 9.18 Å². The lowest BCUT2D eigenvalue weighted by Crippen LogP contribution is -2.38. The Labute approximate surface area is 152 Å². The predicted octanol–water partition coefficient (Wildman–Crippen LogP) is 4.56. The number of hydrogen-bond donors (Lipinski definition) is 1. The fraction of sp³-hybridized carbons (Fsp3) is 0.318. The number of piperidine rings is 1. The number of amides is 1. The van der Waals surface area contributed by atoms with E-state index in [1.54, 1.807) is 6.07 Å². The third-order valence-electron chi connectivity index (χ3n) is 5.44. The van der Waals surface area contributed by atoms with E-state index in [0.29, 0.717) is 12.3 Å². The van der Waals surface area contributed by atoms with Gasteiger partial charge in [-0.1, -0.05) is 29.8 Å². The number of aromatic nitrogens is 1. The highest BCUT2D eigenvalue weighted by atomic mass is 19.1. The zero-order valence-electron chi connectivity index (χ0n) is 15.0. The summed E-state index contributed by atoms with van der Waals surface area (Å²) >= 11 is 0. The quantitative estimate of drug-likeness (QED) is 0.738. The molecule has 1 N–H and O–H groups in total. The first kappa shape index (κ1) is 16.8. The van der Waals surface area contributed by atoms with Crippen molar-refractivity contribution in [3.63, 3.8) is 0 Å². The van der Waals surface area contributed by atoms with E-state index in [2.05, 4.69) is 24.0 Å². The molecule has 2 heterocycles. The number of H-pyrrole nitrogens is 1. The molecule has 0 unspecified atom stereocenters. The minimum absolute atomic E-state index is 0.202. The average Bonchev–Trinajstić information content (AvgIpc) is 3.06. The number of hydrogen-bond acceptors (Lipinski definition) is 1. The summed E-state index contributed by atoms with van der Waals surface area (Å²) in [5.74, 6) is 0.397. The maximum Gasteiger partial charge on any atom is 0.226 e. The second-order valence-corrected chi connectivity index (χ2v) is 7.25. The molecule has 1 aromatic heterocycles. The first-order valence-corrected chi connectivity index (χ1v) is 9.20. The van der Waals surface area contributed by atoms with Gasteiger partial charge in [-0.3, -0.25) is 4.79 Å². The highest BCUT2D eigenvalue weighted by molar-refractivity contribution is 5.84. The van der Waals surface area contributed by atoms with Crippen LogP contribution in [0.5, 0.6) is 0 Å². The molecule has 1 aliphatic heterocycles. The molecular weight excluding hydrogens is 327 g/mol. The fourth-order valence-corrected chi connectivity index (χ4v) is 3.89. The van der Waals surface area contributed by atoms with Crippen LogP contribution in [-0.2, 0) is 11.2 Å². The number of fused-ring (bicyclic) bond motifs is 1. The Balaban J connectivity index is 1.40. The van der Waals surface area contributed by atoms with E-state index in [1.807, 2.05) is 29.3 Å². The van der Waals surface area contributed by atoms with Crippen molar-refractivity contribution in [2.45, 2.75) is 32.1 Å². The first-order valence-electron chi connectivity index (χ1n) is 9.20. The third kappa shape index (κ3) is 3.36. The summed E-state index contributed by atoms with van der Waals surface area (Å²) < 4.78 is 13.4. The molecule has 4 rings (SSSR count). The van der Waals surface area contributed by atoms with Gasteiger partial charge in [-0.25, -0.2) is 4.39 Å². The van der Waals surface area contributed by atoms with Gasteiger partial charge in [-0.15, -0.1) is 0 Å². The molecular formula is C22H23FN2O. The van der Waals surface area contributed by atoms with Gasteiger partial charge in [0.05, 0.1) is 6.42 Å². The minimum Gasteiger partial charge on any atom is -0.361 e. The van der Waals surface area contributed by atoms with Crippen LogP contribution >= 0.6 is 0 Å². The van der Waals surface area contributed by atoms with Crippen molar-refractivity contribution in [2.24, 2.45) is 0 Å². The van der Waals surface area contributed by atoms with Crippen LogP contribution in [0.4, 0.5) is 4.39 Å². The number of benzene rings is 2. The summed E-state index contributed by atoms with van der Waals surface area (Å²) in [4.78, 5) is 17.7. The standard InChI is InChI=1S/C22H23FN2O/c1-15-2-4-16(5-3-15)12-22(26)25-10-8-17(9-11-25)20-14-24-21-13-18(23)6-7-19(20)21/h2-7,13-14,17,24H,8-12H2,1H3. The molecule has 0 atom stereocenters. The molecule has 4 heteroatoms. The molecule has 26 heavy (non-hydrogen) atoms. The second-order valence-electron chi connectivity index (χ2n) is 7.25. The highest BCUT2D eigenvalue weighted by Gasteiger charge is 2.25. The van der Waals surface area contributed by atoms with Crippen LogP contribution in [0.25, 0.3) is 10.9 Å². The van der Waals surface area contributed by atoms with Crippen molar-refractivity contribution in [1.82, 2.24) is 9.88 Å². The summed E-state index contributed by atoms with van der Waals surface area (Å²) in [6.07, 6.45) is 4.36. The van der Waals surface area contributed by atoms with Crippen molar-refractivity contribution in [2.75, 3.05) is 13.1 Å². The Kier molecular flexibility index (Phi) is 4.49. The van der Waals surface area contributed by atoms with E-state index in [0.717, 1.165) is 42.4 Å². The molecule has 1 amide bonds. The van der Waals surface area contributed by atoms with E-state index in [4.69, 9.17) is 0 Å². The number of aryl methyl sites for hydroxylation is 1. The van der Waals surface area contributed by atoms with E-state index >= 15 is 0 Å². The lowest BCUT2D eigenvalue weighted by Gasteiger charge is -2.32. The summed E-state index contributed by atoms with van der Waals surface area (Å²) in [5.41, 5.74) is 4.37. The molecule has 0 bridgehead atoms. The van der Waals surface area contributed by atoms with Crippen LogP contribution in [0.2, 0.25) is 0 Å². The van der Waals surface area contributed by atoms with Gasteiger partial charge in [-0.05, 0) is 55.0 Å².